The average Bonchev–Trinajstić information content (AvgIpc) is 3.35. The Labute approximate surface area is 165 Å². The molecule has 2 aromatic heterocycles. The Morgan fingerprint density at radius 3 is 2.61 bits per heavy atom. The monoisotopic (exact) mass is 387 g/mol. The molecule has 4 heterocycles. The van der Waals surface area contributed by atoms with Crippen molar-refractivity contribution in [2.45, 2.75) is 65.1 Å². The lowest BCUT2D eigenvalue weighted by Gasteiger charge is -2.36. The van der Waals surface area contributed by atoms with Gasteiger partial charge in [0.2, 0.25) is 5.91 Å². The highest BCUT2D eigenvalue weighted by Crippen LogP contribution is 2.33. The first kappa shape index (κ1) is 19.2. The fourth-order valence-electron chi connectivity index (χ4n) is 4.39. The number of amides is 1. The number of alkyl halides is 1. The maximum atomic E-state index is 13.8. The highest BCUT2D eigenvalue weighted by molar-refractivity contribution is 5.79. The number of fused-ring (bicyclic) bond motifs is 1. The molecule has 6 nitrogen and oxygen atoms in total. The highest BCUT2D eigenvalue weighted by Gasteiger charge is 2.34. The van der Waals surface area contributed by atoms with E-state index in [1.54, 1.807) is 6.92 Å². The van der Waals surface area contributed by atoms with Crippen molar-refractivity contribution in [3.8, 4) is 0 Å². The quantitative estimate of drug-likeness (QED) is 0.803. The molecule has 2 saturated heterocycles. The molecule has 0 radical (unpaired) electrons. The van der Waals surface area contributed by atoms with Crippen molar-refractivity contribution in [2.75, 3.05) is 24.5 Å². The molecule has 152 valence electrons. The van der Waals surface area contributed by atoms with Crippen LogP contribution in [0.3, 0.4) is 0 Å². The fraction of sp³-hybridized carbons (Fsp3) is 0.667. The molecule has 0 saturated carbocycles. The van der Waals surface area contributed by atoms with E-state index in [1.807, 2.05) is 21.7 Å². The lowest BCUT2D eigenvalue weighted by atomic mass is 9.96. The summed E-state index contributed by atoms with van der Waals surface area (Å²) in [6, 6.07) is 1.90. The zero-order chi connectivity index (χ0) is 19.8. The molecule has 0 aromatic carbocycles. The maximum Gasteiger partial charge on any atom is 0.228 e. The van der Waals surface area contributed by atoms with E-state index in [9.17, 15) is 9.18 Å². The zero-order valence-corrected chi connectivity index (χ0v) is 17.1. The number of aromatic nitrogens is 3. The van der Waals surface area contributed by atoms with Gasteiger partial charge < -0.3 is 9.80 Å². The summed E-state index contributed by atoms with van der Waals surface area (Å²) in [7, 11) is 0. The van der Waals surface area contributed by atoms with Crippen molar-refractivity contribution in [1.29, 1.82) is 0 Å². The summed E-state index contributed by atoms with van der Waals surface area (Å²) < 4.78 is 15.6. The van der Waals surface area contributed by atoms with Gasteiger partial charge in [0.05, 0.1) is 17.7 Å². The molecule has 2 aliphatic rings. The van der Waals surface area contributed by atoms with Crippen LogP contribution in [0, 0.1) is 12.8 Å². The van der Waals surface area contributed by atoms with Crippen molar-refractivity contribution in [3.63, 3.8) is 0 Å². The van der Waals surface area contributed by atoms with E-state index < -0.39 is 12.1 Å². The Morgan fingerprint density at radius 2 is 1.89 bits per heavy atom. The number of hydrogen-bond acceptors (Lipinski definition) is 4. The number of piperidine rings is 1. The topological polar surface area (TPSA) is 53.7 Å². The van der Waals surface area contributed by atoms with E-state index in [0.29, 0.717) is 6.54 Å². The van der Waals surface area contributed by atoms with Crippen LogP contribution in [0.1, 0.15) is 63.3 Å². The second-order valence-electron chi connectivity index (χ2n) is 8.32. The molecule has 1 amide bonds. The van der Waals surface area contributed by atoms with E-state index >= 15 is 0 Å². The van der Waals surface area contributed by atoms with Crippen molar-refractivity contribution < 1.29 is 9.18 Å². The molecule has 7 heteroatoms. The minimum Gasteiger partial charge on any atom is -0.356 e. The summed E-state index contributed by atoms with van der Waals surface area (Å²) in [4.78, 5) is 21.9. The Kier molecular flexibility index (Phi) is 5.25. The Balaban J connectivity index is 1.65. The summed E-state index contributed by atoms with van der Waals surface area (Å²) in [6.45, 7) is 7.97. The van der Waals surface area contributed by atoms with E-state index in [-0.39, 0.29) is 11.9 Å². The predicted molar refractivity (Wildman–Crippen MR) is 107 cm³/mol. The summed E-state index contributed by atoms with van der Waals surface area (Å²) >= 11 is 0. The van der Waals surface area contributed by atoms with Crippen molar-refractivity contribution >= 4 is 17.4 Å². The van der Waals surface area contributed by atoms with Crippen molar-refractivity contribution in [2.24, 2.45) is 5.92 Å². The van der Waals surface area contributed by atoms with Gasteiger partial charge in [-0.15, -0.1) is 0 Å². The first-order chi connectivity index (χ1) is 13.5. The number of likely N-dealkylation sites (tertiary alicyclic amines) is 1. The predicted octanol–water partition coefficient (Wildman–Crippen LogP) is 3.69. The van der Waals surface area contributed by atoms with Crippen LogP contribution >= 0.6 is 0 Å². The maximum absolute atomic E-state index is 13.8. The molecule has 2 aromatic rings. The van der Waals surface area contributed by atoms with E-state index in [2.05, 4.69) is 11.8 Å². The zero-order valence-electron chi connectivity index (χ0n) is 17.1. The van der Waals surface area contributed by atoms with Gasteiger partial charge in [-0.3, -0.25) is 4.79 Å². The third-order valence-electron chi connectivity index (χ3n) is 6.24. The summed E-state index contributed by atoms with van der Waals surface area (Å²) in [5.41, 5.74) is 2.78. The number of carbonyl (C=O) groups is 1. The second kappa shape index (κ2) is 7.68. The van der Waals surface area contributed by atoms with Crippen molar-refractivity contribution in [3.05, 3.63) is 23.5 Å². The minimum absolute atomic E-state index is 0.0975. The van der Waals surface area contributed by atoms with Crippen LogP contribution in [-0.4, -0.2) is 51.2 Å². The minimum atomic E-state index is -1.15. The third kappa shape index (κ3) is 3.47. The second-order valence-corrected chi connectivity index (χ2v) is 8.32. The first-order valence-electron chi connectivity index (χ1n) is 10.5. The number of anilines is 1. The molecule has 3 unspecified atom stereocenters. The molecular weight excluding hydrogens is 357 g/mol. The summed E-state index contributed by atoms with van der Waals surface area (Å²) in [5, 5.41) is 4.75. The summed E-state index contributed by atoms with van der Waals surface area (Å²) in [6.07, 6.45) is 6.17. The number of hydrogen-bond donors (Lipinski definition) is 0. The molecule has 0 aliphatic carbocycles. The number of rotatable bonds is 4. The molecule has 4 rings (SSSR count). The van der Waals surface area contributed by atoms with Gasteiger partial charge >= 0.3 is 0 Å². The molecule has 3 atom stereocenters. The van der Waals surface area contributed by atoms with Gasteiger partial charge in [-0.1, -0.05) is 6.92 Å². The largest absolute Gasteiger partial charge is 0.356 e. The normalized spacial score (nSPS) is 22.6. The molecule has 2 fully saturated rings. The summed E-state index contributed by atoms with van der Waals surface area (Å²) in [5.74, 6) is 0.298. The van der Waals surface area contributed by atoms with Crippen LogP contribution in [0.25, 0.3) is 5.65 Å². The van der Waals surface area contributed by atoms with Crippen LogP contribution in [0.5, 0.6) is 0 Å². The van der Waals surface area contributed by atoms with Crippen molar-refractivity contribution in [1.82, 2.24) is 19.5 Å². The number of nitrogens with zero attached hydrogens (tertiary/aromatic N) is 5. The molecule has 0 bridgehead atoms. The lowest BCUT2D eigenvalue weighted by Crippen LogP contribution is -2.43. The third-order valence-corrected chi connectivity index (χ3v) is 6.24. The van der Waals surface area contributed by atoms with Gasteiger partial charge in [0.15, 0.2) is 5.65 Å². The number of carbonyl (C=O) groups excluding carboxylic acids is 1. The Bertz CT molecular complexity index is 858. The van der Waals surface area contributed by atoms with Gasteiger partial charge in [0.25, 0.3) is 0 Å². The standard InChI is InChI=1S/C21H30FN5O/c1-14-13-27-19(23-20(14)25-9-6-7-10-25)12-17(24-27)18-8-4-5-11-26(18)21(28)15(2)16(3)22/h12-13,15-16,18H,4-11H2,1-3H3. The number of halogens is 1. The Morgan fingerprint density at radius 1 is 1.18 bits per heavy atom. The van der Waals surface area contributed by atoms with E-state index in [0.717, 1.165) is 55.1 Å². The van der Waals surface area contributed by atoms with Gasteiger partial charge in [0, 0.05) is 37.5 Å². The molecule has 2 aliphatic heterocycles. The van der Waals surface area contributed by atoms with Crippen LogP contribution < -0.4 is 4.90 Å². The molecule has 0 spiro atoms. The van der Waals surface area contributed by atoms with Crippen LogP contribution in [0.2, 0.25) is 0 Å². The van der Waals surface area contributed by atoms with E-state index in [1.165, 1.54) is 19.8 Å². The lowest BCUT2D eigenvalue weighted by molar-refractivity contribution is -0.140. The van der Waals surface area contributed by atoms with Gasteiger partial charge in [-0.25, -0.2) is 13.9 Å². The van der Waals surface area contributed by atoms with Crippen LogP contribution in [0.15, 0.2) is 12.3 Å². The van der Waals surface area contributed by atoms with E-state index in [4.69, 9.17) is 10.1 Å². The first-order valence-corrected chi connectivity index (χ1v) is 10.5. The Hall–Kier alpha value is -2.18. The molecular formula is C21H30FN5O. The van der Waals surface area contributed by atoms with Crippen LogP contribution in [-0.2, 0) is 4.79 Å². The average molecular weight is 388 g/mol. The number of aryl methyl sites for hydroxylation is 1. The van der Waals surface area contributed by atoms with Gasteiger partial charge in [-0.2, -0.15) is 5.10 Å². The van der Waals surface area contributed by atoms with Gasteiger partial charge in [-0.05, 0) is 46.0 Å². The highest BCUT2D eigenvalue weighted by atomic mass is 19.1. The smallest absolute Gasteiger partial charge is 0.228 e. The van der Waals surface area contributed by atoms with Gasteiger partial charge in [0.1, 0.15) is 12.0 Å². The van der Waals surface area contributed by atoms with Crippen LogP contribution in [0.4, 0.5) is 10.2 Å². The SMILES string of the molecule is Cc1cn2nc(C3CCCCN3C(=O)C(C)C(C)F)cc2nc1N1CCCC1. The molecule has 0 N–H and O–H groups in total. The molecule has 28 heavy (non-hydrogen) atoms. The fourth-order valence-corrected chi connectivity index (χ4v) is 4.39.